The van der Waals surface area contributed by atoms with Crippen molar-refractivity contribution in [1.82, 2.24) is 0 Å². The molecule has 0 N–H and O–H groups in total. The molecule has 0 saturated carbocycles. The van der Waals surface area contributed by atoms with Gasteiger partial charge in [-0.1, -0.05) is 276 Å². The second-order valence-corrected chi connectivity index (χ2v) is 30.2. The summed E-state index contributed by atoms with van der Waals surface area (Å²) in [6.45, 7) is 32.5. The van der Waals surface area contributed by atoms with Gasteiger partial charge in [0.25, 0.3) is 0 Å². The van der Waals surface area contributed by atoms with Crippen LogP contribution in [0.5, 0.6) is 0 Å². The van der Waals surface area contributed by atoms with E-state index in [0.717, 1.165) is 25.7 Å². The van der Waals surface area contributed by atoms with Crippen molar-refractivity contribution in [1.29, 1.82) is 0 Å². The van der Waals surface area contributed by atoms with Gasteiger partial charge in [-0.3, -0.25) is 0 Å². The third-order valence-corrected chi connectivity index (χ3v) is 21.3. The van der Waals surface area contributed by atoms with Crippen molar-refractivity contribution in [2.75, 3.05) is 0 Å². The van der Waals surface area contributed by atoms with Gasteiger partial charge in [-0.25, -0.2) is 38.4 Å². The van der Waals surface area contributed by atoms with Crippen LogP contribution in [0.1, 0.15) is 284 Å². The average Bonchev–Trinajstić information content (AvgIpc) is 0.835. The Labute approximate surface area is 685 Å². The summed E-state index contributed by atoms with van der Waals surface area (Å²) in [6, 6.07) is 72.0. The third-order valence-electron chi connectivity index (χ3n) is 21.3. The van der Waals surface area contributed by atoms with Gasteiger partial charge in [-0.05, 0) is 173 Å². The van der Waals surface area contributed by atoms with E-state index < -0.39 is 16.8 Å². The summed E-state index contributed by atoms with van der Waals surface area (Å²) < 4.78 is 47.5. The van der Waals surface area contributed by atoms with Gasteiger partial charge in [0.1, 0.15) is 47.3 Å². The van der Waals surface area contributed by atoms with Gasteiger partial charge in [0.05, 0.1) is 44.5 Å². The van der Waals surface area contributed by atoms with Gasteiger partial charge in [0.2, 0.25) is 0 Å². The molecular formula is C99H126O16. The fourth-order valence-corrected chi connectivity index (χ4v) is 14.2. The Kier molecular flexibility index (Phi) is 41.3. The molecular weight excluding hydrogens is 1450 g/mol. The predicted octanol–water partition coefficient (Wildman–Crippen LogP) is 23.7. The number of carbonyl (C=O) groups is 8. The Hall–Kier alpha value is -10.5. The lowest BCUT2D eigenvalue weighted by molar-refractivity contribution is -0.0904. The van der Waals surface area contributed by atoms with Crippen molar-refractivity contribution < 1.29 is 76.3 Å². The number of benzene rings is 8. The normalized spacial score (nSPS) is 13.9. The lowest BCUT2D eigenvalue weighted by Crippen LogP contribution is -2.46. The highest BCUT2D eigenvalue weighted by Gasteiger charge is 2.44. The van der Waals surface area contributed by atoms with E-state index in [1.54, 1.807) is 97.1 Å². The highest BCUT2D eigenvalue weighted by Crippen LogP contribution is 2.39. The van der Waals surface area contributed by atoms with E-state index in [0.29, 0.717) is 109 Å². The molecule has 115 heavy (non-hydrogen) atoms. The third kappa shape index (κ3) is 30.0. The molecule has 0 fully saturated rings. The van der Waals surface area contributed by atoms with Crippen LogP contribution >= 0.6 is 0 Å². The van der Waals surface area contributed by atoms with Gasteiger partial charge >= 0.3 is 47.8 Å². The minimum atomic E-state index is -0.704. The van der Waals surface area contributed by atoms with Crippen molar-refractivity contribution in [3.63, 3.8) is 0 Å². The van der Waals surface area contributed by atoms with Crippen LogP contribution in [0.15, 0.2) is 243 Å². The molecule has 618 valence electrons. The van der Waals surface area contributed by atoms with Crippen molar-refractivity contribution in [3.05, 3.63) is 287 Å². The first-order chi connectivity index (χ1) is 55.3. The first-order valence-corrected chi connectivity index (χ1v) is 41.4. The average molecular weight is 1570 g/mol. The number of esters is 8. The van der Waals surface area contributed by atoms with E-state index in [1.165, 1.54) is 0 Å². The topological polar surface area (TPSA) is 210 Å². The molecule has 8 rings (SSSR count). The summed E-state index contributed by atoms with van der Waals surface area (Å²) in [5.74, 6) is -2.67. The Morgan fingerprint density at radius 3 is 0.878 bits per heavy atom. The Bertz CT molecular complexity index is 4120. The minimum Gasteiger partial charge on any atom is -0.459 e. The van der Waals surface area contributed by atoms with Crippen LogP contribution in [0.4, 0.5) is 0 Å². The van der Waals surface area contributed by atoms with Crippen LogP contribution in [0.3, 0.4) is 0 Å². The van der Waals surface area contributed by atoms with Gasteiger partial charge in [0, 0.05) is 24.7 Å². The first-order valence-electron chi connectivity index (χ1n) is 41.4. The van der Waals surface area contributed by atoms with Crippen LogP contribution < -0.4 is 0 Å². The summed E-state index contributed by atoms with van der Waals surface area (Å²) >= 11 is 0. The number of hydrogen-bond donors (Lipinski definition) is 0. The summed E-state index contributed by atoms with van der Waals surface area (Å²) in [6.07, 6.45) is 8.05. The van der Waals surface area contributed by atoms with Crippen molar-refractivity contribution in [2.24, 2.45) is 29.6 Å². The highest BCUT2D eigenvalue weighted by atomic mass is 16.6. The molecule has 9 atom stereocenters. The van der Waals surface area contributed by atoms with E-state index in [9.17, 15) is 38.4 Å². The molecule has 16 heteroatoms. The molecule has 0 bridgehead atoms. The molecule has 0 radical (unpaired) electrons. The molecule has 9 unspecified atom stereocenters. The summed E-state index contributed by atoms with van der Waals surface area (Å²) in [4.78, 5) is 101. The maximum Gasteiger partial charge on any atom is 0.338 e. The highest BCUT2D eigenvalue weighted by molar-refractivity contribution is 5.93. The molecule has 0 spiro atoms. The number of hydrogen-bond acceptors (Lipinski definition) is 16. The first kappa shape index (κ1) is 95.1. The second-order valence-electron chi connectivity index (χ2n) is 30.2. The van der Waals surface area contributed by atoms with E-state index in [2.05, 4.69) is 34.6 Å². The standard InChI is InChI=1S/3C25H32O4.C24H30O4/c1-5-17-25(6-2,29-24(27)21-15-11-8-12-16-21)18-22(19(3)4)28-23(26)20-13-9-7-10-14-20;1-5-17-25(19(3)4,29-24(27)21-15-11-8-12-16-21)18-22(6-2)28-23(26)20-13-9-7-10-14-20;1-5-13-21(22(6-2)28-24(26)19-14-9-7-10-15-19)23(18(3)4)29-25(27)20-16-11-8-12-17-20;1-5-21(27-22(25)19-14-10-8-11-15-19)18(4)24(6-2,7-3)28-23(26)20-16-12-9-13-17-20/h2*7-16,19,22H,5-6,17-18H2,1-4H3;7-12,14-18,21-23H,5-6,13H2,1-4H3;8-18,21H,5-7H2,1-4H3. The smallest absolute Gasteiger partial charge is 0.338 e. The zero-order chi connectivity index (χ0) is 84.4. The largest absolute Gasteiger partial charge is 0.459 e. The number of carbonyl (C=O) groups excluding carboxylic acids is 8. The van der Waals surface area contributed by atoms with Crippen LogP contribution in [-0.4, -0.2) is 95.1 Å². The van der Waals surface area contributed by atoms with Crippen LogP contribution in [-0.2, 0) is 37.9 Å². The van der Waals surface area contributed by atoms with Crippen molar-refractivity contribution in [2.45, 2.75) is 248 Å². The fourth-order valence-electron chi connectivity index (χ4n) is 14.2. The lowest BCUT2D eigenvalue weighted by atomic mass is 9.79. The predicted molar refractivity (Wildman–Crippen MR) is 455 cm³/mol. The minimum absolute atomic E-state index is 0.0645. The zero-order valence-corrected chi connectivity index (χ0v) is 70.8. The number of rotatable bonds is 39. The maximum atomic E-state index is 12.8. The van der Waals surface area contributed by atoms with Gasteiger partial charge in [-0.2, -0.15) is 0 Å². The summed E-state index contributed by atoms with van der Waals surface area (Å²) in [5.41, 5.74) is 2.15. The molecule has 0 aromatic heterocycles. The summed E-state index contributed by atoms with van der Waals surface area (Å²) in [5, 5.41) is 0. The van der Waals surface area contributed by atoms with Crippen LogP contribution in [0, 0.1) is 29.6 Å². The molecule has 0 heterocycles. The molecule has 0 aliphatic heterocycles. The second kappa shape index (κ2) is 50.0. The molecule has 0 saturated heterocycles. The van der Waals surface area contributed by atoms with Crippen LogP contribution in [0.25, 0.3) is 0 Å². The quantitative estimate of drug-likeness (QED) is 0.0259. The van der Waals surface area contributed by atoms with Gasteiger partial charge < -0.3 is 37.9 Å². The Balaban J connectivity index is 0.000000274. The van der Waals surface area contributed by atoms with Crippen molar-refractivity contribution >= 4 is 47.8 Å². The Morgan fingerprint density at radius 1 is 0.287 bits per heavy atom. The molecule has 8 aromatic carbocycles. The summed E-state index contributed by atoms with van der Waals surface area (Å²) in [7, 11) is 0. The van der Waals surface area contributed by atoms with Gasteiger partial charge in [-0.15, -0.1) is 0 Å². The Morgan fingerprint density at radius 2 is 0.591 bits per heavy atom. The molecule has 8 aromatic rings. The molecule has 0 amide bonds. The lowest BCUT2D eigenvalue weighted by Gasteiger charge is -2.40. The fraction of sp³-hybridized carbons (Fsp3) is 0.434. The monoisotopic (exact) mass is 1570 g/mol. The SMILES string of the molecule is CCC(OC(=O)c1ccccc1)C(C)C(CC)(CC)OC(=O)c1ccccc1.CCCC(C(CC)OC(=O)c1ccccc1)C(OC(=O)c1ccccc1)C(C)C.CCCC(CC(CC)OC(=O)c1ccccc1)(OC(=O)c1ccccc1)C(C)C.CCCC(CC)(CC(OC(=O)c1ccccc1)C(C)C)OC(=O)c1ccccc1. The van der Waals surface area contributed by atoms with E-state index in [1.807, 2.05) is 222 Å². The van der Waals surface area contributed by atoms with E-state index in [4.69, 9.17) is 37.9 Å². The number of ether oxygens (including phenoxy) is 8. The molecule has 0 aliphatic carbocycles. The van der Waals surface area contributed by atoms with E-state index >= 15 is 0 Å². The molecule has 0 aliphatic rings. The van der Waals surface area contributed by atoms with E-state index in [-0.39, 0.29) is 108 Å². The zero-order valence-electron chi connectivity index (χ0n) is 70.8. The van der Waals surface area contributed by atoms with Crippen molar-refractivity contribution in [3.8, 4) is 0 Å². The van der Waals surface area contributed by atoms with Gasteiger partial charge in [0.15, 0.2) is 0 Å². The maximum absolute atomic E-state index is 12.8. The van der Waals surface area contributed by atoms with Crippen LogP contribution in [0.2, 0.25) is 0 Å². The molecule has 16 nitrogen and oxygen atoms in total.